The topological polar surface area (TPSA) is 140 Å². The molecule has 0 aliphatic carbocycles. The maximum Gasteiger partial charge on any atom is 0.235 e. The molecule has 0 bridgehead atoms. The van der Waals surface area contributed by atoms with Gasteiger partial charge in [0.15, 0.2) is 5.79 Å². The molecule has 0 aromatic heterocycles. The van der Waals surface area contributed by atoms with E-state index >= 15 is 0 Å². The number of rotatable bonds is 21. The summed E-state index contributed by atoms with van der Waals surface area (Å²) in [5, 5.41) is 49.2. The van der Waals surface area contributed by atoms with Crippen LogP contribution in [0.1, 0.15) is 45.4 Å². The zero-order valence-corrected chi connectivity index (χ0v) is 23.5. The fraction of sp³-hybridized carbons (Fsp3) is 0.469. The zero-order valence-electron chi connectivity index (χ0n) is 23.5. The van der Waals surface area contributed by atoms with E-state index in [0.29, 0.717) is 25.9 Å². The largest absolute Gasteiger partial charge is 0.393 e. The second-order valence-electron chi connectivity index (χ2n) is 9.33. The molecular weight excluding hydrogens is 510 g/mol. The fourth-order valence-electron chi connectivity index (χ4n) is 3.51. The van der Waals surface area contributed by atoms with E-state index in [-0.39, 0.29) is 25.2 Å². The van der Waals surface area contributed by atoms with Gasteiger partial charge in [0.05, 0.1) is 30.3 Å². The monoisotopic (exact) mass is 555 g/mol. The minimum Gasteiger partial charge on any atom is -0.393 e. The maximum absolute atomic E-state index is 10.7. The van der Waals surface area contributed by atoms with E-state index in [0.717, 1.165) is 0 Å². The quantitative estimate of drug-likeness (QED) is 0.0479. The van der Waals surface area contributed by atoms with E-state index in [1.54, 1.807) is 37.5 Å². The maximum atomic E-state index is 10.7. The third-order valence-electron chi connectivity index (χ3n) is 5.63. The van der Waals surface area contributed by atoms with Gasteiger partial charge in [-0.25, -0.2) is 9.79 Å². The predicted molar refractivity (Wildman–Crippen MR) is 159 cm³/mol. The minimum atomic E-state index is -2.04. The number of allylic oxidation sites excluding steroid dienone is 12. The van der Waals surface area contributed by atoms with Gasteiger partial charge in [-0.05, 0) is 32.6 Å². The van der Waals surface area contributed by atoms with Crippen molar-refractivity contribution in [3.05, 3.63) is 85.1 Å². The summed E-state index contributed by atoms with van der Waals surface area (Å²) in [6.07, 6.45) is 31.3. The number of hydrogen-bond acceptors (Lipinski definition) is 8. The Labute approximate surface area is 238 Å². The molecule has 0 aliphatic heterocycles. The van der Waals surface area contributed by atoms with Gasteiger partial charge in [-0.2, -0.15) is 0 Å². The molecule has 0 amide bonds. The first kappa shape index (κ1) is 36.9. The molecule has 8 heteroatoms. The van der Waals surface area contributed by atoms with Crippen molar-refractivity contribution in [2.75, 3.05) is 13.7 Å². The smallest absolute Gasteiger partial charge is 0.235 e. The lowest BCUT2D eigenvalue weighted by Gasteiger charge is -2.24. The van der Waals surface area contributed by atoms with Crippen LogP contribution in [0, 0.1) is 18.3 Å². The molecule has 0 spiro atoms. The number of aliphatic imine (C=N–C) groups is 1. The highest BCUT2D eigenvalue weighted by Gasteiger charge is 2.26. The molecule has 0 saturated carbocycles. The number of isocyanates is 1. The zero-order chi connectivity index (χ0) is 30.1. The number of nitrogens with zero attached hydrogens (tertiary/aromatic N) is 1. The Morgan fingerprint density at radius 3 is 1.82 bits per heavy atom. The Hall–Kier alpha value is -3.12. The molecule has 0 aromatic rings. The Morgan fingerprint density at radius 2 is 1.35 bits per heavy atom. The molecule has 5 N–H and O–H groups in total. The molecule has 0 aliphatic rings. The Bertz CT molecular complexity index is 960. The van der Waals surface area contributed by atoms with Crippen LogP contribution >= 0.6 is 0 Å². The van der Waals surface area contributed by atoms with E-state index in [1.807, 2.05) is 54.7 Å². The molecule has 0 unspecified atom stereocenters. The standard InChI is InChI=1S/C32H45NO7/c1-4-28(31(37)22-24-40-3)17-15-13-11-9-7-5-6-8-10-12-14-16-18-30(36)20-19-29(33-26-34)21-23-32(38,39)25-27(2)35/h1,5-18,27-31,35-39H,19-25H2,2-3H3/b6-5+,9-7+,10-8+,13-11+,14-12+,17-15+,18-16+/t27-,28-,29-,30-,31-/m0/s1. The number of aliphatic hydroxyl groups excluding tert-OH is 3. The van der Waals surface area contributed by atoms with E-state index < -0.39 is 30.1 Å². The van der Waals surface area contributed by atoms with Gasteiger partial charge in [0.1, 0.15) is 0 Å². The molecule has 0 rings (SSSR count). The Balaban J connectivity index is 4.37. The second-order valence-corrected chi connectivity index (χ2v) is 9.33. The van der Waals surface area contributed by atoms with Crippen molar-refractivity contribution in [1.29, 1.82) is 0 Å². The van der Waals surface area contributed by atoms with Crippen LogP contribution in [0.5, 0.6) is 0 Å². The number of methoxy groups -OCH3 is 1. The first-order valence-electron chi connectivity index (χ1n) is 13.3. The third-order valence-corrected chi connectivity index (χ3v) is 5.63. The van der Waals surface area contributed by atoms with Crippen LogP contribution < -0.4 is 0 Å². The Morgan fingerprint density at radius 1 is 0.825 bits per heavy atom. The molecular formula is C32H45NO7. The van der Waals surface area contributed by atoms with Crippen LogP contribution in [0.2, 0.25) is 0 Å². The lowest BCUT2D eigenvalue weighted by Crippen LogP contribution is -2.33. The van der Waals surface area contributed by atoms with Gasteiger partial charge in [0.25, 0.3) is 0 Å². The average Bonchev–Trinajstić information content (AvgIpc) is 2.90. The summed E-state index contributed by atoms with van der Waals surface area (Å²) < 4.78 is 4.95. The molecule has 5 atom stereocenters. The average molecular weight is 556 g/mol. The molecule has 40 heavy (non-hydrogen) atoms. The van der Waals surface area contributed by atoms with Gasteiger partial charge < -0.3 is 30.3 Å². The summed E-state index contributed by atoms with van der Waals surface area (Å²) in [5.41, 5.74) is 0. The molecule has 0 heterocycles. The number of hydrogen-bond donors (Lipinski definition) is 5. The van der Waals surface area contributed by atoms with Crippen molar-refractivity contribution in [2.24, 2.45) is 10.9 Å². The van der Waals surface area contributed by atoms with E-state index in [9.17, 15) is 30.3 Å². The normalized spacial score (nSPS) is 16.9. The first-order chi connectivity index (χ1) is 19.1. The lowest BCUT2D eigenvalue weighted by atomic mass is 9.97. The van der Waals surface area contributed by atoms with Gasteiger partial charge in [-0.3, -0.25) is 0 Å². The summed E-state index contributed by atoms with van der Waals surface area (Å²) in [7, 11) is 1.58. The van der Waals surface area contributed by atoms with E-state index in [2.05, 4.69) is 10.9 Å². The summed E-state index contributed by atoms with van der Waals surface area (Å²) in [6, 6.07) is -0.495. The van der Waals surface area contributed by atoms with Gasteiger partial charge >= 0.3 is 0 Å². The number of carbonyl (C=O) groups excluding carboxylic acids is 1. The highest BCUT2D eigenvalue weighted by Crippen LogP contribution is 2.20. The van der Waals surface area contributed by atoms with Gasteiger partial charge in [0, 0.05) is 26.6 Å². The van der Waals surface area contributed by atoms with Crippen LogP contribution in [0.4, 0.5) is 0 Å². The van der Waals surface area contributed by atoms with Crippen LogP contribution in [0.25, 0.3) is 0 Å². The van der Waals surface area contributed by atoms with Crippen molar-refractivity contribution in [3.8, 4) is 12.3 Å². The molecule has 0 fully saturated rings. The highest BCUT2D eigenvalue weighted by atomic mass is 16.5. The third kappa shape index (κ3) is 21.8. The van der Waals surface area contributed by atoms with Crippen molar-refractivity contribution in [1.82, 2.24) is 0 Å². The van der Waals surface area contributed by atoms with Crippen molar-refractivity contribution < 1.29 is 35.1 Å². The summed E-state index contributed by atoms with van der Waals surface area (Å²) in [5.74, 6) is 0.172. The number of ether oxygens (including phenoxy) is 1. The molecule has 0 radical (unpaired) electrons. The van der Waals surface area contributed by atoms with Crippen molar-refractivity contribution in [2.45, 2.75) is 75.6 Å². The molecule has 0 aromatic carbocycles. The van der Waals surface area contributed by atoms with E-state index in [1.165, 1.54) is 13.0 Å². The van der Waals surface area contributed by atoms with Gasteiger partial charge in [-0.1, -0.05) is 91.0 Å². The second kappa shape index (κ2) is 23.7. The molecule has 8 nitrogen and oxygen atoms in total. The van der Waals surface area contributed by atoms with E-state index in [4.69, 9.17) is 11.2 Å². The summed E-state index contributed by atoms with van der Waals surface area (Å²) in [4.78, 5) is 14.4. The SMILES string of the molecule is C#C[C@@H](/C=C/C=C/C=C/C=C/C=C/C=C/C=C/[C@H](O)CC[C@@H](CCC(O)(O)C[C@H](C)O)N=C=O)[C@@H](O)CCOC. The fourth-order valence-corrected chi connectivity index (χ4v) is 3.51. The van der Waals surface area contributed by atoms with Crippen molar-refractivity contribution >= 4 is 6.08 Å². The van der Waals surface area contributed by atoms with Gasteiger partial charge in [0.2, 0.25) is 6.08 Å². The highest BCUT2D eigenvalue weighted by molar-refractivity contribution is 5.33. The van der Waals surface area contributed by atoms with Crippen LogP contribution in [-0.4, -0.2) is 75.5 Å². The van der Waals surface area contributed by atoms with Crippen molar-refractivity contribution in [3.63, 3.8) is 0 Å². The minimum absolute atomic E-state index is 0.0532. The summed E-state index contributed by atoms with van der Waals surface area (Å²) >= 11 is 0. The number of terminal acetylenes is 1. The molecule has 0 saturated heterocycles. The van der Waals surface area contributed by atoms with Crippen LogP contribution in [-0.2, 0) is 9.53 Å². The molecule has 220 valence electrons. The summed E-state index contributed by atoms with van der Waals surface area (Å²) in [6.45, 7) is 1.92. The first-order valence-corrected chi connectivity index (χ1v) is 13.3. The van der Waals surface area contributed by atoms with Crippen LogP contribution in [0.3, 0.4) is 0 Å². The lowest BCUT2D eigenvalue weighted by molar-refractivity contribution is -0.184. The van der Waals surface area contributed by atoms with Gasteiger partial charge in [-0.15, -0.1) is 6.42 Å². The predicted octanol–water partition coefficient (Wildman–Crippen LogP) is 3.60. The Kier molecular flexibility index (Phi) is 21.9. The number of aliphatic hydroxyl groups is 5. The van der Waals surface area contributed by atoms with Crippen LogP contribution in [0.15, 0.2) is 90.1 Å².